The Morgan fingerprint density at radius 2 is 2.00 bits per heavy atom. The van der Waals surface area contributed by atoms with Gasteiger partial charge >= 0.3 is 0 Å². The summed E-state index contributed by atoms with van der Waals surface area (Å²) in [6.07, 6.45) is 2.52. The van der Waals surface area contributed by atoms with E-state index in [4.69, 9.17) is 5.73 Å². The summed E-state index contributed by atoms with van der Waals surface area (Å²) in [5.74, 6) is 0.180. The highest BCUT2D eigenvalue weighted by atomic mass is 16.1. The zero-order chi connectivity index (χ0) is 9.68. The number of anilines is 1. The normalized spacial score (nSPS) is 9.54. The predicted octanol–water partition coefficient (Wildman–Crippen LogP) is 1.96. The molecule has 2 nitrogen and oxygen atoms in total. The van der Waals surface area contributed by atoms with Gasteiger partial charge in [-0.3, -0.25) is 4.79 Å². The zero-order valence-corrected chi connectivity index (χ0v) is 7.49. The van der Waals surface area contributed by atoms with E-state index < -0.39 is 0 Å². The van der Waals surface area contributed by atoms with Crippen molar-refractivity contribution < 1.29 is 4.79 Å². The smallest absolute Gasteiger partial charge is 0.140 e. The van der Waals surface area contributed by atoms with E-state index in [-0.39, 0.29) is 5.78 Å². The summed E-state index contributed by atoms with van der Waals surface area (Å²) < 4.78 is 0. The van der Waals surface area contributed by atoms with Crippen LogP contribution in [0.2, 0.25) is 0 Å². The van der Waals surface area contributed by atoms with Gasteiger partial charge in [0.1, 0.15) is 5.78 Å². The number of carbonyl (C=O) groups excluding carboxylic acids is 1. The van der Waals surface area contributed by atoms with Gasteiger partial charge in [0.05, 0.1) is 0 Å². The summed E-state index contributed by atoms with van der Waals surface area (Å²) in [6.45, 7) is 3.52. The van der Waals surface area contributed by atoms with Crippen LogP contribution in [-0.2, 0) is 11.2 Å². The number of nitrogens with two attached hydrogens (primary N) is 1. The number of rotatable bonds is 4. The highest BCUT2D eigenvalue weighted by Crippen LogP contribution is 2.07. The minimum Gasteiger partial charge on any atom is -0.399 e. The summed E-state index contributed by atoms with van der Waals surface area (Å²) in [6, 6.07) is 7.35. The molecular formula is C11H13NO. The van der Waals surface area contributed by atoms with Crippen molar-refractivity contribution in [3.05, 3.63) is 42.5 Å². The van der Waals surface area contributed by atoms with Crippen molar-refractivity contribution >= 4 is 11.5 Å². The molecule has 13 heavy (non-hydrogen) atoms. The molecule has 0 aliphatic heterocycles. The molecule has 0 aromatic heterocycles. The molecule has 0 saturated carbocycles. The third-order valence-corrected chi connectivity index (χ3v) is 1.75. The molecule has 68 valence electrons. The van der Waals surface area contributed by atoms with Crippen LogP contribution < -0.4 is 5.73 Å². The second-order valence-corrected chi connectivity index (χ2v) is 2.95. The Balaban J connectivity index is 2.59. The maximum atomic E-state index is 11.2. The number of hydrogen-bond acceptors (Lipinski definition) is 2. The lowest BCUT2D eigenvalue weighted by atomic mass is 10.1. The first kappa shape index (κ1) is 9.52. The molecule has 1 aromatic carbocycles. The van der Waals surface area contributed by atoms with Gasteiger partial charge in [0.15, 0.2) is 0 Å². The van der Waals surface area contributed by atoms with Crippen LogP contribution >= 0.6 is 0 Å². The maximum Gasteiger partial charge on any atom is 0.140 e. The van der Waals surface area contributed by atoms with Gasteiger partial charge in [0.25, 0.3) is 0 Å². The van der Waals surface area contributed by atoms with Crippen molar-refractivity contribution in [3.8, 4) is 0 Å². The number of hydrogen-bond donors (Lipinski definition) is 1. The summed E-state index contributed by atoms with van der Waals surface area (Å²) in [7, 11) is 0. The lowest BCUT2D eigenvalue weighted by Gasteiger charge is -1.99. The number of Topliss-reactive ketones (excluding diaryl/α,β-unsaturated/α-hetero) is 1. The van der Waals surface area contributed by atoms with Gasteiger partial charge in [-0.2, -0.15) is 0 Å². The van der Waals surface area contributed by atoms with Gasteiger partial charge in [0, 0.05) is 18.5 Å². The van der Waals surface area contributed by atoms with E-state index in [1.807, 2.05) is 12.1 Å². The first-order chi connectivity index (χ1) is 6.22. The van der Waals surface area contributed by atoms with Crippen LogP contribution in [0.25, 0.3) is 0 Å². The molecule has 0 bridgehead atoms. The van der Waals surface area contributed by atoms with Crippen molar-refractivity contribution in [2.75, 3.05) is 5.73 Å². The Bertz CT molecular complexity index is 300. The molecule has 1 rings (SSSR count). The van der Waals surface area contributed by atoms with Crippen molar-refractivity contribution in [1.29, 1.82) is 0 Å². The van der Waals surface area contributed by atoms with Crippen molar-refractivity contribution in [2.45, 2.75) is 12.8 Å². The van der Waals surface area contributed by atoms with Gasteiger partial charge in [-0.15, -0.1) is 6.58 Å². The fourth-order valence-corrected chi connectivity index (χ4v) is 1.10. The van der Waals surface area contributed by atoms with E-state index in [0.717, 1.165) is 11.3 Å². The molecule has 0 aliphatic rings. The molecule has 0 amide bonds. The van der Waals surface area contributed by atoms with E-state index in [1.54, 1.807) is 18.2 Å². The maximum absolute atomic E-state index is 11.2. The Hall–Kier alpha value is -1.57. The molecule has 0 fully saturated rings. The molecule has 0 spiro atoms. The van der Waals surface area contributed by atoms with E-state index in [2.05, 4.69) is 6.58 Å². The highest BCUT2D eigenvalue weighted by Gasteiger charge is 2.00. The van der Waals surface area contributed by atoms with Crippen LogP contribution in [0.5, 0.6) is 0 Å². The lowest BCUT2D eigenvalue weighted by Crippen LogP contribution is -2.00. The number of carbonyl (C=O) groups is 1. The predicted molar refractivity (Wildman–Crippen MR) is 54.4 cm³/mol. The van der Waals surface area contributed by atoms with Crippen LogP contribution in [0.1, 0.15) is 12.0 Å². The van der Waals surface area contributed by atoms with Crippen LogP contribution in [0.3, 0.4) is 0 Å². The number of nitrogen functional groups attached to an aromatic ring is 1. The molecule has 1 aromatic rings. The van der Waals surface area contributed by atoms with E-state index in [0.29, 0.717) is 12.8 Å². The van der Waals surface area contributed by atoms with Crippen LogP contribution in [0.4, 0.5) is 5.69 Å². The van der Waals surface area contributed by atoms with Gasteiger partial charge in [-0.25, -0.2) is 0 Å². The van der Waals surface area contributed by atoms with E-state index in [9.17, 15) is 4.79 Å². The Morgan fingerprint density at radius 1 is 1.38 bits per heavy atom. The minimum atomic E-state index is 0.180. The first-order valence-corrected chi connectivity index (χ1v) is 4.19. The van der Waals surface area contributed by atoms with Crippen LogP contribution in [0.15, 0.2) is 36.9 Å². The molecule has 0 atom stereocenters. The molecule has 2 N–H and O–H groups in total. The summed E-state index contributed by atoms with van der Waals surface area (Å²) in [4.78, 5) is 11.2. The Labute approximate surface area is 78.1 Å². The lowest BCUT2D eigenvalue weighted by molar-refractivity contribution is -0.117. The van der Waals surface area contributed by atoms with Crippen molar-refractivity contribution in [2.24, 2.45) is 0 Å². The van der Waals surface area contributed by atoms with Crippen molar-refractivity contribution in [1.82, 2.24) is 0 Å². The highest BCUT2D eigenvalue weighted by molar-refractivity contribution is 5.82. The summed E-state index contributed by atoms with van der Waals surface area (Å²) >= 11 is 0. The molecule has 0 heterocycles. The molecule has 0 radical (unpaired) electrons. The SMILES string of the molecule is C=CCC(=O)Cc1ccc(N)cc1. The van der Waals surface area contributed by atoms with Gasteiger partial charge in [-0.05, 0) is 17.7 Å². The topological polar surface area (TPSA) is 43.1 Å². The number of allylic oxidation sites excluding steroid dienone is 1. The van der Waals surface area contributed by atoms with Gasteiger partial charge in [0.2, 0.25) is 0 Å². The van der Waals surface area contributed by atoms with Crippen LogP contribution in [-0.4, -0.2) is 5.78 Å². The summed E-state index contributed by atoms with van der Waals surface area (Å²) in [5.41, 5.74) is 7.24. The number of ketones is 1. The van der Waals surface area contributed by atoms with E-state index >= 15 is 0 Å². The fourth-order valence-electron chi connectivity index (χ4n) is 1.10. The quantitative estimate of drug-likeness (QED) is 0.561. The molecular weight excluding hydrogens is 162 g/mol. The minimum absolute atomic E-state index is 0.180. The molecule has 0 aliphatic carbocycles. The van der Waals surface area contributed by atoms with Crippen molar-refractivity contribution in [3.63, 3.8) is 0 Å². The average Bonchev–Trinajstić information content (AvgIpc) is 2.09. The van der Waals surface area contributed by atoms with E-state index in [1.165, 1.54) is 0 Å². The third-order valence-electron chi connectivity index (χ3n) is 1.75. The fraction of sp³-hybridized carbons (Fsp3) is 0.182. The Morgan fingerprint density at radius 3 is 2.54 bits per heavy atom. The monoisotopic (exact) mass is 175 g/mol. The Kier molecular flexibility index (Phi) is 3.26. The second-order valence-electron chi connectivity index (χ2n) is 2.95. The molecule has 0 unspecified atom stereocenters. The van der Waals surface area contributed by atoms with Crippen LogP contribution in [0, 0.1) is 0 Å². The number of benzene rings is 1. The standard InChI is InChI=1S/C11H13NO/c1-2-3-11(13)8-9-4-6-10(12)7-5-9/h2,4-7H,1,3,8,12H2. The van der Waals surface area contributed by atoms with Gasteiger partial charge < -0.3 is 5.73 Å². The third kappa shape index (κ3) is 3.11. The first-order valence-electron chi connectivity index (χ1n) is 4.19. The second kappa shape index (κ2) is 4.45. The largest absolute Gasteiger partial charge is 0.399 e. The molecule has 0 saturated heterocycles. The summed E-state index contributed by atoms with van der Waals surface area (Å²) in [5, 5.41) is 0. The molecule has 2 heteroatoms. The van der Waals surface area contributed by atoms with Gasteiger partial charge in [-0.1, -0.05) is 18.2 Å². The zero-order valence-electron chi connectivity index (χ0n) is 7.49. The average molecular weight is 175 g/mol.